The summed E-state index contributed by atoms with van der Waals surface area (Å²) in [5, 5.41) is 2.40. The van der Waals surface area contributed by atoms with E-state index in [0.29, 0.717) is 18.5 Å². The number of sulfone groups is 1. The monoisotopic (exact) mass is 324 g/mol. The number of hydrogen-bond donors (Lipinski definition) is 1. The van der Waals surface area contributed by atoms with Gasteiger partial charge in [0.25, 0.3) is 0 Å². The zero-order valence-electron chi connectivity index (χ0n) is 13.2. The van der Waals surface area contributed by atoms with Gasteiger partial charge < -0.3 is 10.2 Å². The molecule has 1 aliphatic carbocycles. The number of anilines is 2. The van der Waals surface area contributed by atoms with Gasteiger partial charge in [0.1, 0.15) is 5.75 Å². The number of carbonyl (C=O) groups is 1. The summed E-state index contributed by atoms with van der Waals surface area (Å²) in [5.74, 6) is -0.883. The van der Waals surface area contributed by atoms with Gasteiger partial charge in [-0.1, -0.05) is 25.0 Å². The highest BCUT2D eigenvalue weighted by Crippen LogP contribution is 2.27. The van der Waals surface area contributed by atoms with Gasteiger partial charge in [0, 0.05) is 13.6 Å². The second kappa shape index (κ2) is 7.13. The van der Waals surface area contributed by atoms with Crippen molar-refractivity contribution in [3.8, 4) is 0 Å². The molecule has 0 heterocycles. The first-order valence-corrected chi connectivity index (χ1v) is 9.47. The van der Waals surface area contributed by atoms with Gasteiger partial charge in [0.05, 0.1) is 16.6 Å². The maximum atomic E-state index is 12.2. The van der Waals surface area contributed by atoms with Gasteiger partial charge in [-0.3, -0.25) is 4.79 Å². The molecule has 6 heteroatoms. The Bertz CT molecular complexity index is 622. The van der Waals surface area contributed by atoms with Crippen LogP contribution >= 0.6 is 0 Å². The lowest BCUT2D eigenvalue weighted by molar-refractivity contribution is -0.113. The van der Waals surface area contributed by atoms with Gasteiger partial charge in [0.2, 0.25) is 5.91 Å². The van der Waals surface area contributed by atoms with Crippen molar-refractivity contribution < 1.29 is 13.2 Å². The largest absolute Gasteiger partial charge is 0.373 e. The third kappa shape index (κ3) is 4.00. The lowest BCUT2D eigenvalue weighted by atomic mass is 10.2. The van der Waals surface area contributed by atoms with Crippen LogP contribution in [0.25, 0.3) is 0 Å². The Morgan fingerprint density at radius 2 is 1.91 bits per heavy atom. The summed E-state index contributed by atoms with van der Waals surface area (Å²) >= 11 is 0. The number of nitrogens with one attached hydrogen (secondary N) is 1. The lowest BCUT2D eigenvalue weighted by Gasteiger charge is -2.21. The Kier molecular flexibility index (Phi) is 5.45. The van der Waals surface area contributed by atoms with Crippen molar-refractivity contribution in [1.29, 1.82) is 0 Å². The summed E-state index contributed by atoms with van der Waals surface area (Å²) in [6.07, 6.45) is 3.25. The first-order valence-electron chi connectivity index (χ1n) is 7.75. The summed E-state index contributed by atoms with van der Waals surface area (Å²) in [7, 11) is -1.41. The molecule has 5 nitrogen and oxygen atoms in total. The third-order valence-corrected chi connectivity index (χ3v) is 6.36. The summed E-state index contributed by atoms with van der Waals surface area (Å²) in [6.45, 7) is 2.82. The maximum Gasteiger partial charge on any atom is 0.239 e. The molecule has 1 aromatic carbocycles. The normalized spacial score (nSPS) is 15.7. The van der Waals surface area contributed by atoms with Crippen molar-refractivity contribution in [3.63, 3.8) is 0 Å². The molecular weight excluding hydrogens is 300 g/mol. The van der Waals surface area contributed by atoms with E-state index in [-0.39, 0.29) is 5.25 Å². The molecule has 122 valence electrons. The van der Waals surface area contributed by atoms with Crippen LogP contribution in [0.3, 0.4) is 0 Å². The molecule has 1 amide bonds. The quantitative estimate of drug-likeness (QED) is 0.873. The van der Waals surface area contributed by atoms with Crippen molar-refractivity contribution in [2.45, 2.75) is 37.9 Å². The molecule has 0 aliphatic heterocycles. The molecule has 1 fully saturated rings. The first-order chi connectivity index (χ1) is 10.4. The molecule has 0 unspecified atom stereocenters. The Morgan fingerprint density at radius 1 is 1.27 bits per heavy atom. The minimum Gasteiger partial charge on any atom is -0.373 e. The molecule has 1 aliphatic rings. The lowest BCUT2D eigenvalue weighted by Crippen LogP contribution is -2.30. The van der Waals surface area contributed by atoms with E-state index in [2.05, 4.69) is 5.32 Å². The van der Waals surface area contributed by atoms with E-state index in [0.717, 1.165) is 25.1 Å². The minimum absolute atomic E-state index is 0.341. The van der Waals surface area contributed by atoms with Crippen molar-refractivity contribution >= 4 is 27.1 Å². The van der Waals surface area contributed by atoms with Crippen molar-refractivity contribution in [2.24, 2.45) is 0 Å². The number of amides is 1. The van der Waals surface area contributed by atoms with E-state index in [1.54, 1.807) is 6.07 Å². The highest BCUT2D eigenvalue weighted by molar-refractivity contribution is 7.92. The zero-order valence-corrected chi connectivity index (χ0v) is 14.0. The van der Waals surface area contributed by atoms with Crippen LogP contribution < -0.4 is 10.2 Å². The number of carbonyl (C=O) groups excluding carboxylic acids is 1. The standard InChI is InChI=1S/C16H24N2O3S/c1-3-18(2)15-11-7-6-10-14(15)17-16(19)12-22(20,21)13-8-4-5-9-13/h6-7,10-11,13H,3-5,8-9,12H2,1-2H3,(H,17,19). The van der Waals surface area contributed by atoms with Crippen LogP contribution in [0.1, 0.15) is 32.6 Å². The topological polar surface area (TPSA) is 66.5 Å². The summed E-state index contributed by atoms with van der Waals surface area (Å²) in [6, 6.07) is 7.42. The van der Waals surface area contributed by atoms with Gasteiger partial charge in [0.15, 0.2) is 9.84 Å². The number of hydrogen-bond acceptors (Lipinski definition) is 4. The van der Waals surface area contributed by atoms with E-state index in [1.165, 1.54) is 0 Å². The number of nitrogens with zero attached hydrogens (tertiary/aromatic N) is 1. The Balaban J connectivity index is 2.06. The number of benzene rings is 1. The van der Waals surface area contributed by atoms with Crippen LogP contribution in [-0.4, -0.2) is 38.9 Å². The third-order valence-electron chi connectivity index (χ3n) is 4.21. The average molecular weight is 324 g/mol. The second-order valence-electron chi connectivity index (χ2n) is 5.79. The fraction of sp³-hybridized carbons (Fsp3) is 0.562. The molecule has 0 radical (unpaired) electrons. The average Bonchev–Trinajstić information content (AvgIpc) is 3.01. The van der Waals surface area contributed by atoms with E-state index in [1.807, 2.05) is 37.1 Å². The summed E-state index contributed by atoms with van der Waals surface area (Å²) in [4.78, 5) is 14.1. The molecule has 22 heavy (non-hydrogen) atoms. The molecule has 0 spiro atoms. The molecule has 1 aromatic rings. The molecule has 0 saturated heterocycles. The fourth-order valence-corrected chi connectivity index (χ4v) is 4.54. The van der Waals surface area contributed by atoms with Crippen molar-refractivity contribution in [2.75, 3.05) is 29.6 Å². The van der Waals surface area contributed by atoms with Crippen molar-refractivity contribution in [3.05, 3.63) is 24.3 Å². The Morgan fingerprint density at radius 3 is 2.55 bits per heavy atom. The van der Waals surface area contributed by atoms with Gasteiger partial charge in [-0.2, -0.15) is 0 Å². The predicted molar refractivity (Wildman–Crippen MR) is 90.1 cm³/mol. The van der Waals surface area contributed by atoms with Gasteiger partial charge in [-0.15, -0.1) is 0 Å². The van der Waals surface area contributed by atoms with Crippen LogP contribution in [0.4, 0.5) is 11.4 Å². The van der Waals surface area contributed by atoms with Gasteiger partial charge >= 0.3 is 0 Å². The van der Waals surface area contributed by atoms with Crippen LogP contribution in [0.5, 0.6) is 0 Å². The van der Waals surface area contributed by atoms with Crippen LogP contribution in [0.2, 0.25) is 0 Å². The molecule has 0 bridgehead atoms. The van der Waals surface area contributed by atoms with Crippen LogP contribution in [0, 0.1) is 0 Å². The van der Waals surface area contributed by atoms with Crippen LogP contribution in [-0.2, 0) is 14.6 Å². The fourth-order valence-electron chi connectivity index (χ4n) is 2.82. The van der Waals surface area contributed by atoms with E-state index in [4.69, 9.17) is 0 Å². The molecular formula is C16H24N2O3S. The highest BCUT2D eigenvalue weighted by atomic mass is 32.2. The predicted octanol–water partition coefficient (Wildman–Crippen LogP) is 2.44. The summed E-state index contributed by atoms with van der Waals surface area (Å²) in [5.41, 5.74) is 1.54. The van der Waals surface area contributed by atoms with Gasteiger partial charge in [-0.25, -0.2) is 8.42 Å². The van der Waals surface area contributed by atoms with E-state index in [9.17, 15) is 13.2 Å². The van der Waals surface area contributed by atoms with Crippen molar-refractivity contribution in [1.82, 2.24) is 0 Å². The van der Waals surface area contributed by atoms with E-state index < -0.39 is 21.5 Å². The Labute approximate surface area is 132 Å². The van der Waals surface area contributed by atoms with Crippen LogP contribution in [0.15, 0.2) is 24.3 Å². The minimum atomic E-state index is -3.34. The van der Waals surface area contributed by atoms with E-state index >= 15 is 0 Å². The molecule has 0 atom stereocenters. The zero-order chi connectivity index (χ0) is 16.2. The van der Waals surface area contributed by atoms with Gasteiger partial charge in [-0.05, 0) is 31.9 Å². The maximum absolute atomic E-state index is 12.2. The highest BCUT2D eigenvalue weighted by Gasteiger charge is 2.30. The smallest absolute Gasteiger partial charge is 0.239 e. The molecule has 1 N–H and O–H groups in total. The SMILES string of the molecule is CCN(C)c1ccccc1NC(=O)CS(=O)(=O)C1CCCC1. The number of para-hydroxylation sites is 2. The molecule has 0 aromatic heterocycles. The first kappa shape index (κ1) is 16.8. The number of rotatable bonds is 6. The Hall–Kier alpha value is -1.56. The molecule has 1 saturated carbocycles. The second-order valence-corrected chi connectivity index (χ2v) is 8.07. The molecule has 2 rings (SSSR count). The summed E-state index contributed by atoms with van der Waals surface area (Å²) < 4.78 is 24.5.